The quantitative estimate of drug-likeness (QED) is 0.495. The van der Waals surface area contributed by atoms with Crippen molar-refractivity contribution in [2.24, 2.45) is 0 Å². The Kier molecular flexibility index (Phi) is 7.29. The zero-order valence-electron chi connectivity index (χ0n) is 18.3. The highest BCUT2D eigenvalue weighted by Gasteiger charge is 2.32. The van der Waals surface area contributed by atoms with Gasteiger partial charge in [-0.2, -0.15) is 23.4 Å². The molecule has 0 spiro atoms. The molecule has 1 amide bonds. The Labute approximate surface area is 188 Å². The van der Waals surface area contributed by atoms with E-state index in [2.05, 4.69) is 20.5 Å². The third-order valence-electron chi connectivity index (χ3n) is 5.30. The monoisotopic (exact) mass is 464 g/mol. The molecule has 0 saturated heterocycles. The first-order valence-electron chi connectivity index (χ1n) is 10.4. The van der Waals surface area contributed by atoms with Gasteiger partial charge in [-0.05, 0) is 44.5 Å². The number of nitrogens with zero attached hydrogens (tertiary/aromatic N) is 5. The number of halogens is 4. The van der Waals surface area contributed by atoms with Crippen molar-refractivity contribution in [2.75, 3.05) is 11.9 Å². The van der Waals surface area contributed by atoms with Gasteiger partial charge in [-0.1, -0.05) is 13.0 Å². The summed E-state index contributed by atoms with van der Waals surface area (Å²) >= 11 is 0. The van der Waals surface area contributed by atoms with Gasteiger partial charge in [0.05, 0.1) is 29.6 Å². The van der Waals surface area contributed by atoms with Crippen LogP contribution in [0.2, 0.25) is 0 Å². The second-order valence-electron chi connectivity index (χ2n) is 7.38. The van der Waals surface area contributed by atoms with Gasteiger partial charge in [0, 0.05) is 18.8 Å². The zero-order chi connectivity index (χ0) is 24.2. The molecule has 2 aromatic heterocycles. The Hall–Kier alpha value is -3.50. The largest absolute Gasteiger partial charge is 0.417 e. The smallest absolute Gasteiger partial charge is 0.366 e. The van der Waals surface area contributed by atoms with Crippen LogP contribution in [0.1, 0.15) is 43.1 Å². The number of benzene rings is 1. The molecule has 3 aromatic rings. The second kappa shape index (κ2) is 9.97. The molecule has 0 saturated carbocycles. The Morgan fingerprint density at radius 1 is 1.15 bits per heavy atom. The van der Waals surface area contributed by atoms with Gasteiger partial charge in [-0.25, -0.2) is 9.37 Å². The molecule has 0 aliphatic carbocycles. The number of nitrogens with one attached hydrogen (secondary N) is 1. The molecule has 0 aliphatic heterocycles. The van der Waals surface area contributed by atoms with Crippen LogP contribution >= 0.6 is 0 Å². The van der Waals surface area contributed by atoms with Gasteiger partial charge in [0.1, 0.15) is 11.5 Å². The lowest BCUT2D eigenvalue weighted by Crippen LogP contribution is -2.48. The molecule has 3 rings (SSSR count). The van der Waals surface area contributed by atoms with Crippen LogP contribution in [0.25, 0.3) is 5.69 Å². The molecular formula is C22H24F4N6O. The molecule has 1 aromatic carbocycles. The molecule has 0 aliphatic rings. The fourth-order valence-electron chi connectivity index (χ4n) is 3.73. The van der Waals surface area contributed by atoms with Crippen LogP contribution in [0.4, 0.5) is 23.4 Å². The second-order valence-corrected chi connectivity index (χ2v) is 7.38. The highest BCUT2D eigenvalue weighted by Crippen LogP contribution is 2.29. The minimum absolute atomic E-state index is 0.0502. The molecule has 0 bridgehead atoms. The van der Waals surface area contributed by atoms with Gasteiger partial charge in [-0.3, -0.25) is 4.79 Å². The molecular weight excluding hydrogens is 440 g/mol. The van der Waals surface area contributed by atoms with E-state index in [4.69, 9.17) is 0 Å². The molecule has 33 heavy (non-hydrogen) atoms. The van der Waals surface area contributed by atoms with Gasteiger partial charge in [0.2, 0.25) is 0 Å². The summed E-state index contributed by atoms with van der Waals surface area (Å²) in [5.74, 6) is -0.795. The van der Waals surface area contributed by atoms with E-state index >= 15 is 0 Å². The van der Waals surface area contributed by atoms with E-state index in [0.717, 1.165) is 17.1 Å². The molecule has 0 radical (unpaired) electrons. The van der Waals surface area contributed by atoms with Crippen molar-refractivity contribution in [3.8, 4) is 5.69 Å². The van der Waals surface area contributed by atoms with Crippen LogP contribution < -0.4 is 5.32 Å². The van der Waals surface area contributed by atoms with Crippen LogP contribution in [-0.4, -0.2) is 49.4 Å². The topological polar surface area (TPSA) is 75.9 Å². The third-order valence-corrected chi connectivity index (χ3v) is 5.30. The SMILES string of the molecule is CCC(C(C)Nc1ccc(C(F)(F)F)cn1)N(CC)C(=O)c1cccc(F)c1-n1nccn1. The maximum absolute atomic E-state index is 14.6. The minimum Gasteiger partial charge on any atom is -0.366 e. The number of aromatic nitrogens is 4. The normalized spacial score (nSPS) is 13.4. The number of carbonyl (C=O) groups is 1. The summed E-state index contributed by atoms with van der Waals surface area (Å²) in [6.07, 6.45) is -0.402. The van der Waals surface area contributed by atoms with E-state index in [1.165, 1.54) is 36.7 Å². The number of amides is 1. The fraction of sp³-hybridized carbons (Fsp3) is 0.364. The molecule has 7 nitrogen and oxygen atoms in total. The number of carbonyl (C=O) groups excluding carboxylic acids is 1. The van der Waals surface area contributed by atoms with Crippen molar-refractivity contribution in [1.29, 1.82) is 0 Å². The predicted octanol–water partition coefficient (Wildman–Crippen LogP) is 4.56. The Morgan fingerprint density at radius 2 is 1.85 bits per heavy atom. The number of anilines is 1. The number of likely N-dealkylation sites (N-methyl/N-ethyl adjacent to an activating group) is 1. The number of para-hydroxylation sites is 1. The van der Waals surface area contributed by atoms with Crippen molar-refractivity contribution < 1.29 is 22.4 Å². The Balaban J connectivity index is 1.85. The van der Waals surface area contributed by atoms with Crippen LogP contribution in [0, 0.1) is 5.82 Å². The highest BCUT2D eigenvalue weighted by molar-refractivity contribution is 5.98. The van der Waals surface area contributed by atoms with E-state index < -0.39 is 23.5 Å². The van der Waals surface area contributed by atoms with Crippen molar-refractivity contribution in [3.05, 3.63) is 65.9 Å². The molecule has 2 heterocycles. The maximum Gasteiger partial charge on any atom is 0.417 e. The first-order valence-corrected chi connectivity index (χ1v) is 10.4. The van der Waals surface area contributed by atoms with Gasteiger partial charge in [0.25, 0.3) is 5.91 Å². The summed E-state index contributed by atoms with van der Waals surface area (Å²) in [6.45, 7) is 5.83. The number of rotatable bonds is 8. The Morgan fingerprint density at radius 3 is 2.39 bits per heavy atom. The first-order chi connectivity index (χ1) is 15.7. The molecule has 0 fully saturated rings. The average molecular weight is 464 g/mol. The lowest BCUT2D eigenvalue weighted by Gasteiger charge is -2.35. The van der Waals surface area contributed by atoms with Crippen molar-refractivity contribution in [3.63, 3.8) is 0 Å². The van der Waals surface area contributed by atoms with E-state index in [9.17, 15) is 22.4 Å². The maximum atomic E-state index is 14.6. The summed E-state index contributed by atoms with van der Waals surface area (Å²) in [5.41, 5.74) is -0.791. The van der Waals surface area contributed by atoms with E-state index in [-0.39, 0.29) is 29.2 Å². The van der Waals surface area contributed by atoms with E-state index in [1.807, 2.05) is 13.8 Å². The van der Waals surface area contributed by atoms with Crippen LogP contribution in [0.5, 0.6) is 0 Å². The Bertz CT molecular complexity index is 1070. The van der Waals surface area contributed by atoms with Crippen LogP contribution in [-0.2, 0) is 6.18 Å². The zero-order valence-corrected chi connectivity index (χ0v) is 18.3. The summed E-state index contributed by atoms with van der Waals surface area (Å²) < 4.78 is 53.0. The van der Waals surface area contributed by atoms with Crippen LogP contribution in [0.15, 0.2) is 48.9 Å². The predicted molar refractivity (Wildman–Crippen MR) is 114 cm³/mol. The van der Waals surface area contributed by atoms with Gasteiger partial charge >= 0.3 is 6.18 Å². The average Bonchev–Trinajstić information content (AvgIpc) is 3.30. The number of pyridine rings is 1. The number of alkyl halides is 3. The molecule has 2 atom stereocenters. The van der Waals surface area contributed by atoms with E-state index in [0.29, 0.717) is 13.0 Å². The lowest BCUT2D eigenvalue weighted by atomic mass is 10.0. The van der Waals surface area contributed by atoms with Gasteiger partial charge in [0.15, 0.2) is 5.82 Å². The summed E-state index contributed by atoms with van der Waals surface area (Å²) in [6, 6.07) is 5.66. The molecule has 1 N–H and O–H groups in total. The summed E-state index contributed by atoms with van der Waals surface area (Å²) in [4.78, 5) is 20.0. The standard InChI is InChI=1S/C22H24F4N6O/c1-4-18(14(3)30-19-10-9-15(13-27-19)22(24,25)26)31(5-2)21(33)16-7-6-8-17(23)20(16)32-28-11-12-29-32/h6-14,18H,4-5H2,1-3H3,(H,27,30). The van der Waals surface area contributed by atoms with Gasteiger partial charge in [-0.15, -0.1) is 4.80 Å². The van der Waals surface area contributed by atoms with Crippen molar-refractivity contribution >= 4 is 11.7 Å². The summed E-state index contributed by atoms with van der Waals surface area (Å²) in [5, 5.41) is 11.0. The van der Waals surface area contributed by atoms with Crippen molar-refractivity contribution in [2.45, 2.75) is 45.5 Å². The first kappa shape index (κ1) is 24.1. The highest BCUT2D eigenvalue weighted by atomic mass is 19.4. The minimum atomic E-state index is -4.47. The van der Waals surface area contributed by atoms with E-state index in [1.54, 1.807) is 11.8 Å². The third kappa shape index (κ3) is 5.29. The van der Waals surface area contributed by atoms with Crippen LogP contribution in [0.3, 0.4) is 0 Å². The molecule has 11 heteroatoms. The summed E-state index contributed by atoms with van der Waals surface area (Å²) in [7, 11) is 0. The molecule has 176 valence electrons. The number of hydrogen-bond acceptors (Lipinski definition) is 5. The fourth-order valence-corrected chi connectivity index (χ4v) is 3.73. The molecule has 2 unspecified atom stereocenters. The lowest BCUT2D eigenvalue weighted by molar-refractivity contribution is -0.137. The van der Waals surface area contributed by atoms with Crippen molar-refractivity contribution in [1.82, 2.24) is 24.9 Å². The van der Waals surface area contributed by atoms with Gasteiger partial charge < -0.3 is 10.2 Å². The number of hydrogen-bond donors (Lipinski definition) is 1.